The second-order valence-corrected chi connectivity index (χ2v) is 6.19. The molecule has 3 aromatic heterocycles. The van der Waals surface area contributed by atoms with E-state index in [1.54, 1.807) is 6.20 Å². The molecule has 3 heterocycles. The van der Waals surface area contributed by atoms with Crippen molar-refractivity contribution in [3.05, 3.63) is 52.5 Å². The average molecular weight is 342 g/mol. The molecular weight excluding hydrogens is 324 g/mol. The molecule has 0 unspecified atom stereocenters. The molecule has 2 N–H and O–H groups in total. The monoisotopic (exact) mass is 342 g/mol. The van der Waals surface area contributed by atoms with Crippen molar-refractivity contribution < 1.29 is 4.79 Å². The van der Waals surface area contributed by atoms with Gasteiger partial charge in [0, 0.05) is 31.5 Å². The molecule has 3 aromatic rings. The highest BCUT2D eigenvalue weighted by molar-refractivity contribution is 7.12. The van der Waals surface area contributed by atoms with Crippen molar-refractivity contribution in [2.75, 3.05) is 18.4 Å². The van der Waals surface area contributed by atoms with Crippen LogP contribution in [0.5, 0.6) is 0 Å². The van der Waals surface area contributed by atoms with E-state index in [-0.39, 0.29) is 5.91 Å². The Morgan fingerprint density at radius 1 is 1.21 bits per heavy atom. The van der Waals surface area contributed by atoms with Crippen molar-refractivity contribution in [1.29, 1.82) is 0 Å². The topological polar surface area (TPSA) is 84.7 Å². The average Bonchev–Trinajstić information content (AvgIpc) is 3.20. The third-order valence-corrected chi connectivity index (χ3v) is 4.44. The fourth-order valence-corrected chi connectivity index (χ4v) is 3.01. The Balaban J connectivity index is 1.52. The summed E-state index contributed by atoms with van der Waals surface area (Å²) >= 11 is 1.45. The Kier molecular flexibility index (Phi) is 4.85. The summed E-state index contributed by atoms with van der Waals surface area (Å²) < 4.78 is 1.88. The van der Waals surface area contributed by atoms with E-state index in [1.807, 2.05) is 42.1 Å². The predicted octanol–water partition coefficient (Wildman–Crippen LogP) is 2.18. The first-order chi connectivity index (χ1) is 11.6. The van der Waals surface area contributed by atoms with Crippen LogP contribution in [0.1, 0.15) is 21.1 Å². The van der Waals surface area contributed by atoms with Crippen LogP contribution < -0.4 is 10.6 Å². The molecular formula is C16H18N6OS. The number of nitrogens with zero attached hydrogens (tertiary/aromatic N) is 4. The molecule has 1 amide bonds. The van der Waals surface area contributed by atoms with Crippen LogP contribution in [0.3, 0.4) is 0 Å². The zero-order valence-corrected chi connectivity index (χ0v) is 14.3. The summed E-state index contributed by atoms with van der Waals surface area (Å²) in [6.45, 7) is 4.98. The second kappa shape index (κ2) is 7.22. The van der Waals surface area contributed by atoms with E-state index < -0.39 is 0 Å². The first-order valence-corrected chi connectivity index (χ1v) is 8.41. The van der Waals surface area contributed by atoms with Crippen LogP contribution in [0.2, 0.25) is 0 Å². The van der Waals surface area contributed by atoms with Crippen LogP contribution in [0.25, 0.3) is 5.82 Å². The van der Waals surface area contributed by atoms with Gasteiger partial charge in [-0.1, -0.05) is 0 Å². The van der Waals surface area contributed by atoms with Crippen molar-refractivity contribution in [3.8, 4) is 5.82 Å². The first kappa shape index (κ1) is 16.1. The predicted molar refractivity (Wildman–Crippen MR) is 93.8 cm³/mol. The lowest BCUT2D eigenvalue weighted by Crippen LogP contribution is -2.28. The lowest BCUT2D eigenvalue weighted by atomic mass is 10.3. The number of thiophene rings is 1. The molecule has 0 bridgehead atoms. The summed E-state index contributed by atoms with van der Waals surface area (Å²) in [5.74, 6) is 2.26. The molecule has 0 aliphatic rings. The highest BCUT2D eigenvalue weighted by Gasteiger charge is 2.07. The van der Waals surface area contributed by atoms with Crippen LogP contribution in [-0.4, -0.2) is 38.5 Å². The molecule has 0 fully saturated rings. The van der Waals surface area contributed by atoms with Gasteiger partial charge >= 0.3 is 0 Å². The van der Waals surface area contributed by atoms with Crippen molar-refractivity contribution >= 4 is 23.1 Å². The van der Waals surface area contributed by atoms with Crippen LogP contribution in [-0.2, 0) is 0 Å². The maximum absolute atomic E-state index is 12.0. The summed E-state index contributed by atoms with van der Waals surface area (Å²) in [4.78, 5) is 25.3. The second-order valence-electron chi connectivity index (χ2n) is 5.28. The fourth-order valence-electron chi connectivity index (χ4n) is 2.20. The third-order valence-electron chi connectivity index (χ3n) is 3.40. The highest BCUT2D eigenvalue weighted by atomic mass is 32.1. The minimum Gasteiger partial charge on any atom is -0.368 e. The Morgan fingerprint density at radius 3 is 2.79 bits per heavy atom. The Labute approximate surface area is 143 Å². The number of anilines is 1. The van der Waals surface area contributed by atoms with Crippen molar-refractivity contribution in [1.82, 2.24) is 24.8 Å². The van der Waals surface area contributed by atoms with Crippen LogP contribution >= 0.6 is 11.3 Å². The smallest absolute Gasteiger partial charge is 0.261 e. The molecule has 0 atom stereocenters. The fraction of sp³-hybridized carbons (Fsp3) is 0.250. The van der Waals surface area contributed by atoms with Crippen molar-refractivity contribution in [2.45, 2.75) is 13.8 Å². The molecule has 0 radical (unpaired) electrons. The van der Waals surface area contributed by atoms with Gasteiger partial charge in [0.2, 0.25) is 0 Å². The minimum absolute atomic E-state index is 0.0488. The van der Waals surface area contributed by atoms with Gasteiger partial charge in [0.25, 0.3) is 5.91 Å². The van der Waals surface area contributed by atoms with Crippen LogP contribution in [0, 0.1) is 13.8 Å². The Bertz CT molecular complexity index is 840. The summed E-state index contributed by atoms with van der Waals surface area (Å²) in [7, 11) is 0. The third kappa shape index (κ3) is 3.77. The van der Waals surface area contributed by atoms with Crippen LogP contribution in [0.15, 0.2) is 36.2 Å². The SMILES string of the molecule is Cc1csc(C(=O)NCCNc2cc(-n3ccnc3C)ncn2)c1. The van der Waals surface area contributed by atoms with Gasteiger partial charge in [-0.15, -0.1) is 11.3 Å². The maximum atomic E-state index is 12.0. The molecule has 0 saturated heterocycles. The number of carbonyl (C=O) groups is 1. The minimum atomic E-state index is -0.0488. The molecule has 0 aromatic carbocycles. The van der Waals surface area contributed by atoms with E-state index in [9.17, 15) is 4.79 Å². The normalized spacial score (nSPS) is 10.6. The number of amides is 1. The number of carbonyl (C=O) groups excluding carboxylic acids is 1. The number of aromatic nitrogens is 4. The number of hydrogen-bond donors (Lipinski definition) is 2. The quantitative estimate of drug-likeness (QED) is 0.671. The summed E-state index contributed by atoms with van der Waals surface area (Å²) in [5.41, 5.74) is 1.10. The van der Waals surface area contributed by atoms with Gasteiger partial charge in [0.05, 0.1) is 4.88 Å². The summed E-state index contributed by atoms with van der Waals surface area (Å²) in [6, 6.07) is 3.73. The molecule has 0 spiro atoms. The lowest BCUT2D eigenvalue weighted by Gasteiger charge is -2.08. The van der Waals surface area contributed by atoms with Crippen molar-refractivity contribution in [3.63, 3.8) is 0 Å². The number of rotatable bonds is 6. The van der Waals surface area contributed by atoms with Gasteiger partial charge in [-0.3, -0.25) is 9.36 Å². The first-order valence-electron chi connectivity index (χ1n) is 7.53. The number of imidazole rings is 1. The van der Waals surface area contributed by atoms with Crippen molar-refractivity contribution in [2.24, 2.45) is 0 Å². The molecule has 8 heteroatoms. The molecule has 0 saturated carbocycles. The van der Waals surface area contributed by atoms with Gasteiger partial charge in [-0.25, -0.2) is 15.0 Å². The largest absolute Gasteiger partial charge is 0.368 e. The van der Waals surface area contributed by atoms with Gasteiger partial charge in [-0.05, 0) is 30.9 Å². The van der Waals surface area contributed by atoms with E-state index in [1.165, 1.54) is 17.7 Å². The van der Waals surface area contributed by atoms with Gasteiger partial charge in [0.1, 0.15) is 23.8 Å². The standard InChI is InChI=1S/C16H18N6OS/c1-11-7-13(24-9-11)16(23)19-4-3-18-14-8-15(21-10-20-14)22-6-5-17-12(22)2/h5-10H,3-4H2,1-2H3,(H,19,23)(H,18,20,21). The summed E-state index contributed by atoms with van der Waals surface area (Å²) in [5, 5.41) is 8.03. The zero-order chi connectivity index (χ0) is 16.9. The molecule has 24 heavy (non-hydrogen) atoms. The van der Waals surface area contributed by atoms with Gasteiger partial charge < -0.3 is 10.6 Å². The zero-order valence-electron chi connectivity index (χ0n) is 13.5. The molecule has 0 aliphatic carbocycles. The van der Waals surface area contributed by atoms with Crippen LogP contribution in [0.4, 0.5) is 5.82 Å². The lowest BCUT2D eigenvalue weighted by molar-refractivity contribution is 0.0959. The molecule has 7 nitrogen and oxygen atoms in total. The number of nitrogens with one attached hydrogen (secondary N) is 2. The van der Waals surface area contributed by atoms with E-state index >= 15 is 0 Å². The van der Waals surface area contributed by atoms with E-state index in [0.717, 1.165) is 22.1 Å². The van der Waals surface area contributed by atoms with E-state index in [0.29, 0.717) is 18.9 Å². The Morgan fingerprint density at radius 2 is 2.08 bits per heavy atom. The van der Waals surface area contributed by atoms with Gasteiger partial charge in [0.15, 0.2) is 0 Å². The maximum Gasteiger partial charge on any atom is 0.261 e. The number of hydrogen-bond acceptors (Lipinski definition) is 6. The highest BCUT2D eigenvalue weighted by Crippen LogP contribution is 2.13. The molecule has 0 aliphatic heterocycles. The van der Waals surface area contributed by atoms with Gasteiger partial charge in [-0.2, -0.15) is 0 Å². The Hall–Kier alpha value is -2.74. The van der Waals surface area contributed by atoms with E-state index in [4.69, 9.17) is 0 Å². The van der Waals surface area contributed by atoms with E-state index in [2.05, 4.69) is 25.6 Å². The summed E-state index contributed by atoms with van der Waals surface area (Å²) in [6.07, 6.45) is 5.08. The molecule has 124 valence electrons. The molecule has 3 rings (SSSR count). The number of aryl methyl sites for hydroxylation is 2.